The average Bonchev–Trinajstić information content (AvgIpc) is 2.84. The van der Waals surface area contributed by atoms with Gasteiger partial charge in [-0.2, -0.15) is 0 Å². The number of thiophene rings is 1. The summed E-state index contributed by atoms with van der Waals surface area (Å²) < 4.78 is 7.01. The zero-order chi connectivity index (χ0) is 11.5. The van der Waals surface area contributed by atoms with E-state index in [1.807, 2.05) is 0 Å². The number of nitrogens with two attached hydrogens (primary N) is 1. The summed E-state index contributed by atoms with van der Waals surface area (Å²) in [5, 5.41) is 0. The molecule has 16 heavy (non-hydrogen) atoms. The summed E-state index contributed by atoms with van der Waals surface area (Å²) in [5.41, 5.74) is 2.89. The van der Waals surface area contributed by atoms with E-state index in [4.69, 9.17) is 10.6 Å². The maximum absolute atomic E-state index is 5.84. The van der Waals surface area contributed by atoms with Gasteiger partial charge >= 0.3 is 0 Å². The standard InChI is InChI=1S/C11H17BrN2OS/c1-7-2-4-10(15-7)9(14-13)6-8-3-5-11(12)16-8/h3,5,7,9-10,14H,2,4,6,13H2,1H3. The summed E-state index contributed by atoms with van der Waals surface area (Å²) >= 11 is 5.23. The topological polar surface area (TPSA) is 47.3 Å². The molecule has 1 aliphatic heterocycles. The van der Waals surface area contributed by atoms with Crippen LogP contribution < -0.4 is 11.3 Å². The van der Waals surface area contributed by atoms with Crippen molar-refractivity contribution < 1.29 is 4.74 Å². The molecule has 1 aliphatic rings. The molecule has 3 N–H and O–H groups in total. The Morgan fingerprint density at radius 2 is 2.44 bits per heavy atom. The number of hydrogen-bond acceptors (Lipinski definition) is 4. The van der Waals surface area contributed by atoms with Crippen molar-refractivity contribution in [3.8, 4) is 0 Å². The van der Waals surface area contributed by atoms with Gasteiger partial charge in [-0.15, -0.1) is 11.3 Å². The van der Waals surface area contributed by atoms with Crippen molar-refractivity contribution in [3.05, 3.63) is 20.8 Å². The van der Waals surface area contributed by atoms with Gasteiger partial charge in [0.15, 0.2) is 0 Å². The van der Waals surface area contributed by atoms with Gasteiger partial charge in [0.2, 0.25) is 0 Å². The first-order valence-electron chi connectivity index (χ1n) is 5.55. The van der Waals surface area contributed by atoms with E-state index in [9.17, 15) is 0 Å². The first-order valence-corrected chi connectivity index (χ1v) is 7.16. The first-order chi connectivity index (χ1) is 7.69. The molecule has 90 valence electrons. The third-order valence-corrected chi connectivity index (χ3v) is 4.62. The highest BCUT2D eigenvalue weighted by Crippen LogP contribution is 2.27. The molecule has 1 saturated heterocycles. The zero-order valence-corrected chi connectivity index (χ0v) is 11.7. The van der Waals surface area contributed by atoms with Gasteiger partial charge in [0.25, 0.3) is 0 Å². The van der Waals surface area contributed by atoms with Crippen LogP contribution in [0.5, 0.6) is 0 Å². The maximum Gasteiger partial charge on any atom is 0.0749 e. The maximum atomic E-state index is 5.84. The Hall–Kier alpha value is 0.0600. The van der Waals surface area contributed by atoms with Crippen LogP contribution >= 0.6 is 27.3 Å². The van der Waals surface area contributed by atoms with Gasteiger partial charge in [-0.1, -0.05) is 0 Å². The van der Waals surface area contributed by atoms with E-state index in [2.05, 4.69) is 40.4 Å². The van der Waals surface area contributed by atoms with Crippen LogP contribution in [-0.4, -0.2) is 18.2 Å². The summed E-state index contributed by atoms with van der Waals surface area (Å²) in [6.07, 6.45) is 3.79. The highest BCUT2D eigenvalue weighted by molar-refractivity contribution is 9.11. The monoisotopic (exact) mass is 304 g/mol. The van der Waals surface area contributed by atoms with Crippen molar-refractivity contribution in [2.45, 2.75) is 44.4 Å². The molecule has 0 bridgehead atoms. The highest BCUT2D eigenvalue weighted by atomic mass is 79.9. The molecule has 2 heterocycles. The quantitative estimate of drug-likeness (QED) is 0.663. The van der Waals surface area contributed by atoms with Crippen molar-refractivity contribution in [1.82, 2.24) is 5.43 Å². The molecule has 2 rings (SSSR count). The van der Waals surface area contributed by atoms with Gasteiger partial charge in [0, 0.05) is 11.3 Å². The molecule has 0 amide bonds. The summed E-state index contributed by atoms with van der Waals surface area (Å²) in [5.74, 6) is 5.62. The molecule has 0 aromatic carbocycles. The van der Waals surface area contributed by atoms with Crippen LogP contribution in [0, 0.1) is 0 Å². The molecule has 3 unspecified atom stereocenters. The number of halogens is 1. The number of hydrazine groups is 1. The fourth-order valence-electron chi connectivity index (χ4n) is 2.11. The molecule has 3 atom stereocenters. The second kappa shape index (κ2) is 5.60. The molecular weight excluding hydrogens is 288 g/mol. The first kappa shape index (κ1) is 12.5. The Bertz CT molecular complexity index is 344. The molecule has 1 aromatic heterocycles. The van der Waals surface area contributed by atoms with Crippen LogP contribution in [0.4, 0.5) is 0 Å². The molecular formula is C11H17BrN2OS. The van der Waals surface area contributed by atoms with Gasteiger partial charge < -0.3 is 4.74 Å². The molecule has 3 nitrogen and oxygen atoms in total. The lowest BCUT2D eigenvalue weighted by Crippen LogP contribution is -2.45. The van der Waals surface area contributed by atoms with Crippen LogP contribution in [0.15, 0.2) is 15.9 Å². The van der Waals surface area contributed by atoms with E-state index in [1.165, 1.54) is 8.66 Å². The predicted molar refractivity (Wildman–Crippen MR) is 70.4 cm³/mol. The van der Waals surface area contributed by atoms with Gasteiger partial charge in [0.05, 0.1) is 22.0 Å². The Balaban J connectivity index is 1.95. The lowest BCUT2D eigenvalue weighted by Gasteiger charge is -2.22. The minimum atomic E-state index is 0.218. The van der Waals surface area contributed by atoms with E-state index in [1.54, 1.807) is 11.3 Å². The second-order valence-corrected chi connectivity index (χ2v) is 6.79. The van der Waals surface area contributed by atoms with Crippen molar-refractivity contribution >= 4 is 27.3 Å². The second-order valence-electron chi connectivity index (χ2n) is 4.25. The molecule has 1 aromatic rings. The summed E-state index contributed by atoms with van der Waals surface area (Å²) in [7, 11) is 0. The minimum absolute atomic E-state index is 0.218. The molecule has 0 aliphatic carbocycles. The Labute approximate surface area is 108 Å². The number of hydrogen-bond donors (Lipinski definition) is 2. The Morgan fingerprint density at radius 1 is 1.62 bits per heavy atom. The largest absolute Gasteiger partial charge is 0.374 e. The lowest BCUT2D eigenvalue weighted by molar-refractivity contribution is 0.0322. The SMILES string of the molecule is CC1CCC(C(Cc2ccc(Br)s2)NN)O1. The lowest BCUT2D eigenvalue weighted by atomic mass is 10.0. The van der Waals surface area contributed by atoms with E-state index < -0.39 is 0 Å². The smallest absolute Gasteiger partial charge is 0.0749 e. The average molecular weight is 305 g/mol. The van der Waals surface area contributed by atoms with Crippen molar-refractivity contribution in [3.63, 3.8) is 0 Å². The summed E-state index contributed by atoms with van der Waals surface area (Å²) in [4.78, 5) is 1.33. The van der Waals surface area contributed by atoms with E-state index in [0.29, 0.717) is 6.10 Å². The van der Waals surface area contributed by atoms with E-state index >= 15 is 0 Å². The van der Waals surface area contributed by atoms with Gasteiger partial charge in [-0.3, -0.25) is 11.3 Å². The summed E-state index contributed by atoms with van der Waals surface area (Å²) in [6.45, 7) is 2.12. The molecule has 5 heteroatoms. The molecule has 1 fully saturated rings. The fraction of sp³-hybridized carbons (Fsp3) is 0.636. The van der Waals surface area contributed by atoms with Crippen LogP contribution in [0.25, 0.3) is 0 Å². The zero-order valence-electron chi connectivity index (χ0n) is 9.28. The molecule has 0 radical (unpaired) electrons. The van der Waals surface area contributed by atoms with Crippen LogP contribution in [0.3, 0.4) is 0 Å². The Morgan fingerprint density at radius 3 is 2.94 bits per heavy atom. The third-order valence-electron chi connectivity index (χ3n) is 2.98. The van der Waals surface area contributed by atoms with Crippen LogP contribution in [0.2, 0.25) is 0 Å². The van der Waals surface area contributed by atoms with Gasteiger partial charge in [0.1, 0.15) is 0 Å². The van der Waals surface area contributed by atoms with E-state index in [-0.39, 0.29) is 12.1 Å². The van der Waals surface area contributed by atoms with Crippen LogP contribution in [-0.2, 0) is 11.2 Å². The van der Waals surface area contributed by atoms with E-state index in [0.717, 1.165) is 19.3 Å². The van der Waals surface area contributed by atoms with Crippen molar-refractivity contribution in [2.24, 2.45) is 5.84 Å². The van der Waals surface area contributed by atoms with Crippen LogP contribution in [0.1, 0.15) is 24.6 Å². The van der Waals surface area contributed by atoms with Gasteiger partial charge in [-0.05, 0) is 47.8 Å². The van der Waals surface area contributed by atoms with Crippen molar-refractivity contribution in [2.75, 3.05) is 0 Å². The summed E-state index contributed by atoms with van der Waals surface area (Å²) in [6, 6.07) is 4.43. The minimum Gasteiger partial charge on any atom is -0.374 e. The third kappa shape index (κ3) is 3.05. The fourth-order valence-corrected chi connectivity index (χ4v) is 3.65. The molecule has 0 spiro atoms. The number of nitrogens with one attached hydrogen (secondary N) is 1. The molecule has 0 saturated carbocycles. The predicted octanol–water partition coefficient (Wildman–Crippen LogP) is 2.45. The Kier molecular flexibility index (Phi) is 4.38. The highest BCUT2D eigenvalue weighted by Gasteiger charge is 2.29. The number of ether oxygens (including phenoxy) is 1. The van der Waals surface area contributed by atoms with Crippen molar-refractivity contribution in [1.29, 1.82) is 0 Å². The normalized spacial score (nSPS) is 27.2. The number of rotatable bonds is 4. The van der Waals surface area contributed by atoms with Gasteiger partial charge in [-0.25, -0.2) is 0 Å².